The molecule has 1 aliphatic carbocycles. The van der Waals surface area contributed by atoms with Gasteiger partial charge in [-0.05, 0) is 24.8 Å². The first-order chi connectivity index (χ1) is 14.5. The second kappa shape index (κ2) is 9.51. The van der Waals surface area contributed by atoms with E-state index < -0.39 is 9.84 Å². The number of carbonyl (C=O) groups is 1. The third-order valence-electron chi connectivity index (χ3n) is 5.82. The smallest absolute Gasteiger partial charge is 0.277 e. The molecule has 1 aliphatic heterocycles. The van der Waals surface area contributed by atoms with Crippen LogP contribution < -0.4 is 0 Å². The molecule has 7 nitrogen and oxygen atoms in total. The summed E-state index contributed by atoms with van der Waals surface area (Å²) in [5.41, 5.74) is 1.08. The van der Waals surface area contributed by atoms with Gasteiger partial charge in [-0.1, -0.05) is 61.4 Å². The standard InChI is InChI=1S/C21H27N3O4S2/c25-20(14-29-21-23-22-19(28-21)13-16-7-3-1-4-8-16)24(17-9-5-2-6-10-17)18-11-12-30(26,27)15-18/h1,3-4,7-8,17-18H,2,5-6,9-15H2. The molecule has 1 unspecified atom stereocenters. The molecular formula is C21H27N3O4S2. The van der Waals surface area contributed by atoms with Gasteiger partial charge in [0.15, 0.2) is 9.84 Å². The number of thioether (sulfide) groups is 1. The van der Waals surface area contributed by atoms with E-state index in [1.165, 1.54) is 18.2 Å². The third-order valence-corrected chi connectivity index (χ3v) is 8.38. The molecule has 4 rings (SSSR count). The number of rotatable bonds is 7. The highest BCUT2D eigenvalue weighted by atomic mass is 32.2. The van der Waals surface area contributed by atoms with Crippen molar-refractivity contribution in [3.8, 4) is 0 Å². The van der Waals surface area contributed by atoms with Crippen molar-refractivity contribution in [1.29, 1.82) is 0 Å². The van der Waals surface area contributed by atoms with Crippen LogP contribution in [0, 0.1) is 0 Å². The quantitative estimate of drug-likeness (QED) is 0.600. The van der Waals surface area contributed by atoms with Crippen LogP contribution in [0.3, 0.4) is 0 Å². The zero-order valence-corrected chi connectivity index (χ0v) is 18.5. The van der Waals surface area contributed by atoms with Crippen LogP contribution >= 0.6 is 11.8 Å². The summed E-state index contributed by atoms with van der Waals surface area (Å²) in [5.74, 6) is 0.925. The molecule has 0 spiro atoms. The van der Waals surface area contributed by atoms with Crippen molar-refractivity contribution in [2.45, 2.75) is 62.3 Å². The SMILES string of the molecule is O=C(CSc1nnc(Cc2ccccc2)o1)N(C1CCCCC1)C1CCS(=O)(=O)C1. The number of aromatic nitrogens is 2. The van der Waals surface area contributed by atoms with E-state index in [4.69, 9.17) is 4.42 Å². The van der Waals surface area contributed by atoms with E-state index in [0.29, 0.717) is 24.0 Å². The van der Waals surface area contributed by atoms with Gasteiger partial charge in [0.25, 0.3) is 5.22 Å². The molecule has 0 bridgehead atoms. The van der Waals surface area contributed by atoms with E-state index in [1.54, 1.807) is 0 Å². The third kappa shape index (κ3) is 5.43. The molecule has 2 fully saturated rings. The van der Waals surface area contributed by atoms with Crippen molar-refractivity contribution in [3.63, 3.8) is 0 Å². The number of benzene rings is 1. The Morgan fingerprint density at radius 2 is 1.83 bits per heavy atom. The van der Waals surface area contributed by atoms with E-state index >= 15 is 0 Å². The van der Waals surface area contributed by atoms with Crippen LogP contribution in [0.25, 0.3) is 0 Å². The maximum atomic E-state index is 13.1. The second-order valence-corrected chi connectivity index (χ2v) is 11.2. The topological polar surface area (TPSA) is 93.4 Å². The van der Waals surface area contributed by atoms with Gasteiger partial charge in [0.1, 0.15) is 0 Å². The molecule has 9 heteroatoms. The summed E-state index contributed by atoms with van der Waals surface area (Å²) >= 11 is 1.23. The highest BCUT2D eigenvalue weighted by molar-refractivity contribution is 7.99. The predicted molar refractivity (Wildman–Crippen MR) is 115 cm³/mol. The summed E-state index contributed by atoms with van der Waals surface area (Å²) in [5, 5.41) is 8.51. The van der Waals surface area contributed by atoms with Crippen LogP contribution in [0.1, 0.15) is 50.0 Å². The molecule has 1 saturated carbocycles. The summed E-state index contributed by atoms with van der Waals surface area (Å²) in [7, 11) is -3.05. The van der Waals surface area contributed by atoms with Gasteiger partial charge in [0.2, 0.25) is 11.8 Å². The largest absolute Gasteiger partial charge is 0.416 e. The van der Waals surface area contributed by atoms with Gasteiger partial charge in [-0.25, -0.2) is 8.42 Å². The fourth-order valence-electron chi connectivity index (χ4n) is 4.40. The van der Waals surface area contributed by atoms with Gasteiger partial charge in [0, 0.05) is 12.1 Å². The average molecular weight is 450 g/mol. The zero-order chi connectivity index (χ0) is 21.0. The van der Waals surface area contributed by atoms with Crippen LogP contribution in [0.15, 0.2) is 40.0 Å². The van der Waals surface area contributed by atoms with Crippen molar-refractivity contribution >= 4 is 27.5 Å². The highest BCUT2D eigenvalue weighted by Crippen LogP contribution is 2.29. The highest BCUT2D eigenvalue weighted by Gasteiger charge is 2.38. The summed E-state index contributed by atoms with van der Waals surface area (Å²) in [6.45, 7) is 0. The van der Waals surface area contributed by atoms with Crippen LogP contribution in [0.5, 0.6) is 0 Å². The lowest BCUT2D eigenvalue weighted by Gasteiger charge is -2.38. The lowest BCUT2D eigenvalue weighted by Crippen LogP contribution is -2.49. The number of carbonyl (C=O) groups excluding carboxylic acids is 1. The summed E-state index contributed by atoms with van der Waals surface area (Å²) in [4.78, 5) is 15.0. The van der Waals surface area contributed by atoms with Crippen LogP contribution in [0.2, 0.25) is 0 Å². The first kappa shape index (κ1) is 21.4. The molecule has 162 valence electrons. The Hall–Kier alpha value is -1.87. The van der Waals surface area contributed by atoms with E-state index in [0.717, 1.165) is 31.2 Å². The molecule has 0 radical (unpaired) electrons. The first-order valence-electron chi connectivity index (χ1n) is 10.5. The predicted octanol–water partition coefficient (Wildman–Crippen LogP) is 3.10. The van der Waals surface area contributed by atoms with Crippen LogP contribution in [0.4, 0.5) is 0 Å². The summed E-state index contributed by atoms with van der Waals surface area (Å²) < 4.78 is 29.7. The molecule has 2 aromatic rings. The fourth-order valence-corrected chi connectivity index (χ4v) is 6.76. The normalized spacial score (nSPS) is 21.5. The molecular weight excluding hydrogens is 422 g/mol. The van der Waals surface area contributed by atoms with E-state index in [-0.39, 0.29) is 35.2 Å². The maximum Gasteiger partial charge on any atom is 0.277 e. The average Bonchev–Trinajstić information content (AvgIpc) is 3.34. The van der Waals surface area contributed by atoms with E-state index in [9.17, 15) is 13.2 Å². The van der Waals surface area contributed by atoms with E-state index in [2.05, 4.69) is 10.2 Å². The van der Waals surface area contributed by atoms with Crippen molar-refractivity contribution in [1.82, 2.24) is 15.1 Å². The molecule has 0 N–H and O–H groups in total. The molecule has 30 heavy (non-hydrogen) atoms. The van der Waals surface area contributed by atoms with Crippen molar-refractivity contribution in [2.75, 3.05) is 17.3 Å². The molecule has 1 saturated heterocycles. The summed E-state index contributed by atoms with van der Waals surface area (Å²) in [6.07, 6.45) is 6.36. The Labute approximate surface area is 181 Å². The van der Waals surface area contributed by atoms with Crippen molar-refractivity contribution in [3.05, 3.63) is 41.8 Å². The number of hydrogen-bond acceptors (Lipinski definition) is 7. The number of sulfone groups is 1. The van der Waals surface area contributed by atoms with Crippen molar-refractivity contribution in [2.24, 2.45) is 0 Å². The minimum atomic E-state index is -3.05. The van der Waals surface area contributed by atoms with Gasteiger partial charge < -0.3 is 9.32 Å². The molecule has 1 aromatic heterocycles. The molecule has 2 aliphatic rings. The summed E-state index contributed by atoms with van der Waals surface area (Å²) in [6, 6.07) is 9.81. The Morgan fingerprint density at radius 1 is 1.07 bits per heavy atom. The minimum absolute atomic E-state index is 0.0307. The monoisotopic (exact) mass is 449 g/mol. The lowest BCUT2D eigenvalue weighted by atomic mass is 9.93. The Balaban J connectivity index is 1.39. The zero-order valence-electron chi connectivity index (χ0n) is 16.9. The fraction of sp³-hybridized carbons (Fsp3) is 0.571. The van der Waals surface area contributed by atoms with Gasteiger partial charge in [-0.2, -0.15) is 0 Å². The number of amides is 1. The maximum absolute atomic E-state index is 13.1. The first-order valence-corrected chi connectivity index (χ1v) is 13.3. The Kier molecular flexibility index (Phi) is 6.77. The van der Waals surface area contributed by atoms with Crippen LogP contribution in [-0.4, -0.2) is 58.8 Å². The van der Waals surface area contributed by atoms with E-state index in [1.807, 2.05) is 35.2 Å². The molecule has 1 atom stereocenters. The number of nitrogens with zero attached hydrogens (tertiary/aromatic N) is 3. The van der Waals surface area contributed by atoms with Crippen LogP contribution in [-0.2, 0) is 21.1 Å². The Bertz CT molecular complexity index is 956. The minimum Gasteiger partial charge on any atom is -0.416 e. The van der Waals surface area contributed by atoms with Gasteiger partial charge in [-0.3, -0.25) is 4.79 Å². The molecule has 1 amide bonds. The number of hydrogen-bond donors (Lipinski definition) is 0. The molecule has 2 heterocycles. The molecule has 1 aromatic carbocycles. The van der Waals surface area contributed by atoms with Crippen molar-refractivity contribution < 1.29 is 17.6 Å². The van der Waals surface area contributed by atoms with Gasteiger partial charge >= 0.3 is 0 Å². The van der Waals surface area contributed by atoms with Gasteiger partial charge in [0.05, 0.1) is 23.7 Å². The second-order valence-electron chi connectivity index (χ2n) is 8.06. The van der Waals surface area contributed by atoms with Gasteiger partial charge in [-0.15, -0.1) is 10.2 Å². The lowest BCUT2D eigenvalue weighted by molar-refractivity contribution is -0.133. The Morgan fingerprint density at radius 3 is 2.53 bits per heavy atom.